The van der Waals surface area contributed by atoms with Crippen LogP contribution in [0.1, 0.15) is 33.6 Å². The molecule has 0 aliphatic heterocycles. The SMILES string of the molecule is C[C@H]1[C@H]2C[C@H](C[C@H]1Nc1c([N+](=O)[O-])nn(CC(=O)O)c(=O)c1Br)C2(C)C. The zero-order valence-corrected chi connectivity index (χ0v) is 16.3. The van der Waals surface area contributed by atoms with Crippen molar-refractivity contribution in [3.8, 4) is 0 Å². The second-order valence-corrected chi connectivity index (χ2v) is 8.63. The van der Waals surface area contributed by atoms with Gasteiger partial charge in [-0.1, -0.05) is 20.8 Å². The Balaban J connectivity index is 1.95. The quantitative estimate of drug-likeness (QED) is 0.544. The summed E-state index contributed by atoms with van der Waals surface area (Å²) in [6.45, 7) is 5.89. The Kier molecular flexibility index (Phi) is 4.58. The van der Waals surface area contributed by atoms with Crippen LogP contribution >= 0.6 is 15.9 Å². The number of aliphatic carboxylic acids is 1. The van der Waals surface area contributed by atoms with Gasteiger partial charge in [0.2, 0.25) is 0 Å². The highest BCUT2D eigenvalue weighted by Gasteiger charge is 2.56. The smallest absolute Gasteiger partial charge is 0.413 e. The topological polar surface area (TPSA) is 127 Å². The van der Waals surface area contributed by atoms with Gasteiger partial charge >= 0.3 is 17.3 Å². The van der Waals surface area contributed by atoms with E-state index in [9.17, 15) is 19.7 Å². The monoisotopic (exact) mass is 428 g/mol. The van der Waals surface area contributed by atoms with Gasteiger partial charge in [-0.2, -0.15) is 0 Å². The number of carboxylic acid groups (broad SMARTS) is 1. The van der Waals surface area contributed by atoms with Crippen LogP contribution in [-0.4, -0.2) is 31.8 Å². The van der Waals surface area contributed by atoms with Crippen LogP contribution in [-0.2, 0) is 11.3 Å². The second kappa shape index (κ2) is 6.33. The number of nitro groups is 1. The first-order valence-electron chi connectivity index (χ1n) is 8.47. The minimum Gasteiger partial charge on any atom is -0.480 e. The number of carboxylic acids is 1. The molecule has 1 aromatic rings. The first-order valence-corrected chi connectivity index (χ1v) is 9.26. The van der Waals surface area contributed by atoms with Crippen LogP contribution in [0.5, 0.6) is 0 Å². The molecule has 3 fully saturated rings. The Bertz CT molecular complexity index is 837. The average molecular weight is 429 g/mol. The summed E-state index contributed by atoms with van der Waals surface area (Å²) < 4.78 is 0.520. The maximum absolute atomic E-state index is 12.3. The maximum atomic E-state index is 12.3. The van der Waals surface area contributed by atoms with Crippen LogP contribution in [0, 0.1) is 33.3 Å². The lowest BCUT2D eigenvalue weighted by Crippen LogP contribution is -2.58. The van der Waals surface area contributed by atoms with E-state index in [0.717, 1.165) is 12.8 Å². The number of nitrogens with one attached hydrogen (secondary N) is 1. The number of halogens is 1. The van der Waals surface area contributed by atoms with E-state index in [1.165, 1.54) is 0 Å². The highest BCUT2D eigenvalue weighted by atomic mass is 79.9. The average Bonchev–Trinajstić information content (AvgIpc) is 2.54. The molecule has 142 valence electrons. The van der Waals surface area contributed by atoms with Crippen molar-refractivity contribution in [3.05, 3.63) is 24.9 Å². The van der Waals surface area contributed by atoms with Crippen LogP contribution in [0.4, 0.5) is 11.5 Å². The van der Waals surface area contributed by atoms with E-state index in [2.05, 4.69) is 47.1 Å². The summed E-state index contributed by atoms with van der Waals surface area (Å²) in [6, 6.07) is -0.00158. The normalized spacial score (nSPS) is 28.9. The molecule has 9 nitrogen and oxygen atoms in total. The molecule has 0 unspecified atom stereocenters. The van der Waals surface area contributed by atoms with Gasteiger partial charge in [0.25, 0.3) is 0 Å². The van der Waals surface area contributed by atoms with Gasteiger partial charge in [-0.05, 0) is 56.9 Å². The van der Waals surface area contributed by atoms with E-state index >= 15 is 0 Å². The first-order chi connectivity index (χ1) is 12.0. The van der Waals surface area contributed by atoms with Gasteiger partial charge in [-0.3, -0.25) is 9.59 Å². The first kappa shape index (κ1) is 18.8. The van der Waals surface area contributed by atoms with Crippen molar-refractivity contribution >= 4 is 33.4 Å². The summed E-state index contributed by atoms with van der Waals surface area (Å²) in [4.78, 5) is 33.9. The van der Waals surface area contributed by atoms with E-state index in [0.29, 0.717) is 22.4 Å². The van der Waals surface area contributed by atoms with Crippen LogP contribution in [0.15, 0.2) is 9.27 Å². The number of carbonyl (C=O) groups is 1. The predicted octanol–water partition coefficient (Wildman–Crippen LogP) is 2.48. The fraction of sp³-hybridized carbons (Fsp3) is 0.688. The van der Waals surface area contributed by atoms with Crippen LogP contribution in [0.25, 0.3) is 0 Å². The molecule has 3 saturated carbocycles. The van der Waals surface area contributed by atoms with Gasteiger partial charge in [0.1, 0.15) is 4.47 Å². The number of anilines is 1. The third-order valence-corrected chi connectivity index (χ3v) is 6.96. The Morgan fingerprint density at radius 3 is 2.65 bits per heavy atom. The molecule has 0 radical (unpaired) electrons. The van der Waals surface area contributed by atoms with E-state index < -0.39 is 28.8 Å². The van der Waals surface area contributed by atoms with Crippen LogP contribution in [0.2, 0.25) is 0 Å². The zero-order chi connectivity index (χ0) is 19.4. The molecule has 1 heterocycles. The molecule has 2 bridgehead atoms. The Morgan fingerprint density at radius 1 is 1.50 bits per heavy atom. The van der Waals surface area contributed by atoms with E-state index in [1.54, 1.807) is 0 Å². The molecule has 2 N–H and O–H groups in total. The summed E-state index contributed by atoms with van der Waals surface area (Å²) in [5, 5.41) is 27.1. The Labute approximate surface area is 158 Å². The third-order valence-electron chi connectivity index (χ3n) is 6.22. The van der Waals surface area contributed by atoms with Crippen molar-refractivity contribution in [3.63, 3.8) is 0 Å². The van der Waals surface area contributed by atoms with Gasteiger partial charge in [0.05, 0.1) is 5.10 Å². The summed E-state index contributed by atoms with van der Waals surface area (Å²) >= 11 is 3.10. The number of nitrogens with zero attached hydrogens (tertiary/aromatic N) is 3. The standard InChI is InChI=1S/C16H21BrN4O5/c1-7-9-4-8(16(9,2)3)5-10(7)18-13-12(17)15(24)20(6-11(22)23)19-14(13)21(25)26/h7-10,18H,4-6H2,1-3H3,(H,22,23)/t7-,8+,9+,10+/m0/s1. The molecule has 10 heteroatoms. The maximum Gasteiger partial charge on any atom is 0.413 e. The molecule has 4 rings (SSSR count). The Morgan fingerprint density at radius 2 is 2.15 bits per heavy atom. The van der Waals surface area contributed by atoms with Crippen molar-refractivity contribution in [2.24, 2.45) is 23.2 Å². The molecule has 0 amide bonds. The van der Waals surface area contributed by atoms with Crippen molar-refractivity contribution in [2.45, 2.75) is 46.2 Å². The minimum absolute atomic E-state index is 0.00158. The molecule has 4 atom stereocenters. The molecular weight excluding hydrogens is 408 g/mol. The second-order valence-electron chi connectivity index (χ2n) is 7.83. The van der Waals surface area contributed by atoms with Gasteiger partial charge in [-0.15, -0.1) is 4.68 Å². The number of rotatable bonds is 5. The van der Waals surface area contributed by atoms with Crippen molar-refractivity contribution in [1.82, 2.24) is 9.78 Å². The molecule has 3 aliphatic carbocycles. The Hall–Kier alpha value is -1.97. The fourth-order valence-corrected chi connectivity index (χ4v) is 5.04. The molecule has 0 aromatic carbocycles. The lowest BCUT2D eigenvalue weighted by molar-refractivity contribution is -0.389. The highest BCUT2D eigenvalue weighted by Crippen LogP contribution is 2.61. The lowest BCUT2D eigenvalue weighted by Gasteiger charge is -2.62. The van der Waals surface area contributed by atoms with Crippen molar-refractivity contribution in [2.75, 3.05) is 5.32 Å². The van der Waals surface area contributed by atoms with Gasteiger partial charge in [0.15, 0.2) is 12.2 Å². The minimum atomic E-state index is -1.30. The summed E-state index contributed by atoms with van der Waals surface area (Å²) in [5.74, 6) is -0.493. The highest BCUT2D eigenvalue weighted by molar-refractivity contribution is 9.10. The molecule has 1 aromatic heterocycles. The predicted molar refractivity (Wildman–Crippen MR) is 97.1 cm³/mol. The van der Waals surface area contributed by atoms with Gasteiger partial charge < -0.3 is 20.5 Å². The number of hydrogen-bond donors (Lipinski definition) is 2. The zero-order valence-electron chi connectivity index (χ0n) is 14.7. The number of aromatic nitrogens is 2. The summed E-state index contributed by atoms with van der Waals surface area (Å²) in [6.07, 6.45) is 2.03. The summed E-state index contributed by atoms with van der Waals surface area (Å²) in [5.41, 5.74) is -0.420. The van der Waals surface area contributed by atoms with E-state index in [4.69, 9.17) is 5.11 Å². The molecule has 0 spiro atoms. The molecule has 0 saturated heterocycles. The van der Waals surface area contributed by atoms with Gasteiger partial charge in [-0.25, -0.2) is 0 Å². The van der Waals surface area contributed by atoms with Crippen molar-refractivity contribution < 1.29 is 14.8 Å². The number of hydrogen-bond acceptors (Lipinski definition) is 6. The third kappa shape index (κ3) is 2.89. The lowest BCUT2D eigenvalue weighted by atomic mass is 9.45. The van der Waals surface area contributed by atoms with Crippen LogP contribution < -0.4 is 10.9 Å². The van der Waals surface area contributed by atoms with E-state index in [-0.39, 0.29) is 21.6 Å². The molecule has 26 heavy (non-hydrogen) atoms. The van der Waals surface area contributed by atoms with E-state index in [1.807, 2.05) is 0 Å². The van der Waals surface area contributed by atoms with Gasteiger partial charge in [0, 0.05) is 6.04 Å². The van der Waals surface area contributed by atoms with Crippen LogP contribution in [0.3, 0.4) is 0 Å². The number of fused-ring (bicyclic) bond motifs is 2. The molecular formula is C16H21BrN4O5. The molecule has 3 aliphatic rings. The largest absolute Gasteiger partial charge is 0.480 e. The summed E-state index contributed by atoms with van der Waals surface area (Å²) in [7, 11) is 0. The van der Waals surface area contributed by atoms with Crippen molar-refractivity contribution in [1.29, 1.82) is 0 Å². The fourth-order valence-electron chi connectivity index (χ4n) is 4.54.